The van der Waals surface area contributed by atoms with Crippen molar-refractivity contribution in [3.05, 3.63) is 77.3 Å². The van der Waals surface area contributed by atoms with E-state index in [9.17, 15) is 0 Å². The van der Waals surface area contributed by atoms with Gasteiger partial charge >= 0.3 is 0 Å². The highest BCUT2D eigenvalue weighted by Gasteiger charge is 2.26. The lowest BCUT2D eigenvalue weighted by Crippen LogP contribution is -2.26. The highest BCUT2D eigenvalue weighted by atomic mass is 16.5. The van der Waals surface area contributed by atoms with Gasteiger partial charge in [-0.05, 0) is 53.8 Å². The van der Waals surface area contributed by atoms with E-state index in [-0.39, 0.29) is 6.10 Å². The Balaban J connectivity index is 1.58. The molecule has 0 N–H and O–H groups in total. The van der Waals surface area contributed by atoms with Gasteiger partial charge < -0.3 is 9.47 Å². The van der Waals surface area contributed by atoms with Crippen LogP contribution in [0.3, 0.4) is 0 Å². The van der Waals surface area contributed by atoms with Crippen LogP contribution in [0.5, 0.6) is 5.75 Å². The van der Waals surface area contributed by atoms with E-state index in [1.54, 1.807) is 6.26 Å². The molecule has 0 saturated carbocycles. The predicted octanol–water partition coefficient (Wildman–Crippen LogP) is 3.86. The maximum absolute atomic E-state index is 6.14. The molecule has 3 aliphatic rings. The number of benzene rings is 1. The van der Waals surface area contributed by atoms with E-state index in [1.165, 1.54) is 16.7 Å². The van der Waals surface area contributed by atoms with Crippen molar-refractivity contribution in [3.8, 4) is 5.75 Å². The fraction of sp³-hybridized carbons (Fsp3) is 0.222. The van der Waals surface area contributed by atoms with Crippen molar-refractivity contribution in [1.29, 1.82) is 0 Å². The second kappa shape index (κ2) is 4.71. The molecule has 1 aliphatic carbocycles. The normalized spacial score (nSPS) is 23.4. The molecule has 1 atom stereocenters. The van der Waals surface area contributed by atoms with E-state index in [4.69, 9.17) is 9.47 Å². The molecule has 0 amide bonds. The molecule has 2 heteroatoms. The molecule has 99 valence electrons. The molecular formula is C18H15O2. The van der Waals surface area contributed by atoms with Crippen LogP contribution >= 0.6 is 0 Å². The summed E-state index contributed by atoms with van der Waals surface area (Å²) in [5.41, 5.74) is 3.85. The smallest absolute Gasteiger partial charge is 0.130 e. The molecule has 0 fully saturated rings. The van der Waals surface area contributed by atoms with Gasteiger partial charge in [-0.3, -0.25) is 0 Å². The second-order valence-electron chi connectivity index (χ2n) is 5.27. The Morgan fingerprint density at radius 1 is 1.20 bits per heavy atom. The Kier molecular flexibility index (Phi) is 2.73. The Bertz CT molecular complexity index is 662. The summed E-state index contributed by atoms with van der Waals surface area (Å²) < 4.78 is 11.6. The lowest BCUT2D eigenvalue weighted by molar-refractivity contribution is 0.203. The van der Waals surface area contributed by atoms with Crippen molar-refractivity contribution in [2.24, 2.45) is 0 Å². The monoisotopic (exact) mass is 263 g/mol. The minimum atomic E-state index is 0.169. The molecule has 0 aromatic heterocycles. The number of allylic oxidation sites excluding steroid dienone is 5. The summed E-state index contributed by atoms with van der Waals surface area (Å²) in [5.74, 6) is 1.94. The number of fused-ring (bicyclic) bond motifs is 2. The Morgan fingerprint density at radius 3 is 3.20 bits per heavy atom. The van der Waals surface area contributed by atoms with Crippen molar-refractivity contribution in [1.82, 2.24) is 0 Å². The van der Waals surface area contributed by atoms with Gasteiger partial charge in [-0.15, -0.1) is 0 Å². The van der Waals surface area contributed by atoms with Gasteiger partial charge in [0.1, 0.15) is 17.6 Å². The van der Waals surface area contributed by atoms with E-state index < -0.39 is 0 Å². The third kappa shape index (κ3) is 1.97. The van der Waals surface area contributed by atoms with Gasteiger partial charge in [0.15, 0.2) is 0 Å². The molecule has 4 rings (SSSR count). The maximum atomic E-state index is 6.14. The van der Waals surface area contributed by atoms with Crippen LogP contribution in [0.4, 0.5) is 0 Å². The molecule has 2 aliphatic heterocycles. The molecule has 20 heavy (non-hydrogen) atoms. The Hall–Kier alpha value is -2.22. The van der Waals surface area contributed by atoms with Gasteiger partial charge in [-0.2, -0.15) is 0 Å². The van der Waals surface area contributed by atoms with E-state index in [0.29, 0.717) is 0 Å². The SMILES string of the molecule is [c]1ccc2c(c1)OC(C1=CC=C3OC=CC=C3C1)CC2. The molecule has 0 bridgehead atoms. The zero-order valence-electron chi connectivity index (χ0n) is 11.1. The first-order valence-electron chi connectivity index (χ1n) is 6.99. The number of hydrogen-bond donors (Lipinski definition) is 0. The summed E-state index contributed by atoms with van der Waals surface area (Å²) in [5, 5.41) is 0. The van der Waals surface area contributed by atoms with Gasteiger partial charge in [-0.1, -0.05) is 24.3 Å². The van der Waals surface area contributed by atoms with Crippen molar-refractivity contribution in [2.45, 2.75) is 25.4 Å². The van der Waals surface area contributed by atoms with Crippen LogP contribution in [0.15, 0.2) is 65.7 Å². The zero-order chi connectivity index (χ0) is 13.4. The highest BCUT2D eigenvalue weighted by molar-refractivity contribution is 5.45. The van der Waals surface area contributed by atoms with Gasteiger partial charge in [-0.25, -0.2) is 0 Å². The molecule has 1 unspecified atom stereocenters. The molecule has 0 spiro atoms. The average Bonchev–Trinajstić information content (AvgIpc) is 2.54. The standard InChI is InChI=1S/C18H15O2/c1-2-6-17-13(4-1)7-10-18(20-17)15-8-9-16-14(12-15)5-3-11-19-16/h1,3-6,8-9,11,18H,7,10,12H2. The first-order valence-corrected chi connectivity index (χ1v) is 6.99. The minimum Gasteiger partial charge on any atom is -0.486 e. The van der Waals surface area contributed by atoms with E-state index in [0.717, 1.165) is 30.8 Å². The van der Waals surface area contributed by atoms with Gasteiger partial charge in [0.25, 0.3) is 0 Å². The molecule has 1 radical (unpaired) electrons. The number of rotatable bonds is 1. The van der Waals surface area contributed by atoms with Crippen LogP contribution in [0.2, 0.25) is 0 Å². The van der Waals surface area contributed by atoms with E-state index in [2.05, 4.69) is 24.3 Å². The van der Waals surface area contributed by atoms with Crippen LogP contribution in [-0.2, 0) is 11.2 Å². The largest absolute Gasteiger partial charge is 0.486 e. The molecule has 2 nitrogen and oxygen atoms in total. The van der Waals surface area contributed by atoms with Crippen LogP contribution in [0.25, 0.3) is 0 Å². The lowest BCUT2D eigenvalue weighted by atomic mass is 9.89. The van der Waals surface area contributed by atoms with Crippen LogP contribution in [-0.4, -0.2) is 6.10 Å². The summed E-state index contributed by atoms with van der Waals surface area (Å²) in [7, 11) is 0. The topological polar surface area (TPSA) is 18.5 Å². The maximum Gasteiger partial charge on any atom is 0.130 e. The fourth-order valence-corrected chi connectivity index (χ4v) is 2.92. The lowest BCUT2D eigenvalue weighted by Gasteiger charge is -2.30. The first-order chi connectivity index (χ1) is 9.90. The van der Waals surface area contributed by atoms with Crippen molar-refractivity contribution >= 4 is 0 Å². The highest BCUT2D eigenvalue weighted by Crippen LogP contribution is 2.35. The van der Waals surface area contributed by atoms with E-state index in [1.807, 2.05) is 24.3 Å². The van der Waals surface area contributed by atoms with Gasteiger partial charge in [0.2, 0.25) is 0 Å². The summed E-state index contributed by atoms with van der Waals surface area (Å²) in [6.45, 7) is 0. The molecular weight excluding hydrogens is 248 g/mol. The molecule has 0 saturated heterocycles. The summed E-state index contributed by atoms with van der Waals surface area (Å²) >= 11 is 0. The fourth-order valence-electron chi connectivity index (χ4n) is 2.92. The van der Waals surface area contributed by atoms with Crippen molar-refractivity contribution < 1.29 is 9.47 Å². The summed E-state index contributed by atoms with van der Waals surface area (Å²) in [6, 6.07) is 9.09. The van der Waals surface area contributed by atoms with Gasteiger partial charge in [0.05, 0.1) is 6.26 Å². The van der Waals surface area contributed by atoms with Crippen LogP contribution in [0.1, 0.15) is 18.4 Å². The predicted molar refractivity (Wildman–Crippen MR) is 77.1 cm³/mol. The summed E-state index contributed by atoms with van der Waals surface area (Å²) in [6.07, 6.45) is 13.2. The first kappa shape index (κ1) is 11.6. The van der Waals surface area contributed by atoms with Crippen LogP contribution in [0, 0.1) is 6.07 Å². The Labute approximate surface area is 118 Å². The quantitative estimate of drug-likeness (QED) is 0.766. The van der Waals surface area contributed by atoms with Crippen molar-refractivity contribution in [2.75, 3.05) is 0 Å². The number of aryl methyl sites for hydroxylation is 1. The Morgan fingerprint density at radius 2 is 2.20 bits per heavy atom. The average molecular weight is 263 g/mol. The molecule has 1 aromatic carbocycles. The third-order valence-corrected chi connectivity index (χ3v) is 4.00. The number of ether oxygens (including phenoxy) is 2. The van der Waals surface area contributed by atoms with Crippen molar-refractivity contribution in [3.63, 3.8) is 0 Å². The van der Waals surface area contributed by atoms with Gasteiger partial charge in [0, 0.05) is 6.42 Å². The summed E-state index contributed by atoms with van der Waals surface area (Å²) in [4.78, 5) is 0. The second-order valence-corrected chi connectivity index (χ2v) is 5.27. The molecule has 1 aromatic rings. The third-order valence-electron chi connectivity index (χ3n) is 4.00. The number of hydrogen-bond acceptors (Lipinski definition) is 2. The zero-order valence-corrected chi connectivity index (χ0v) is 11.1. The van der Waals surface area contributed by atoms with E-state index >= 15 is 0 Å². The minimum absolute atomic E-state index is 0.169. The van der Waals surface area contributed by atoms with Crippen LogP contribution < -0.4 is 4.74 Å². The molecule has 2 heterocycles.